The molecular weight excluding hydrogens is 224 g/mol. The van der Waals surface area contributed by atoms with Crippen molar-refractivity contribution in [1.29, 1.82) is 0 Å². The maximum atomic E-state index is 10.9. The maximum Gasteiger partial charge on any atom is 0.315 e. The molecule has 0 fully saturated rings. The molecule has 0 aliphatic carbocycles. The van der Waals surface area contributed by atoms with Crippen LogP contribution in [-0.4, -0.2) is 18.3 Å². The van der Waals surface area contributed by atoms with Crippen molar-refractivity contribution in [3.8, 4) is 11.5 Å². The molecule has 0 radical (unpaired) electrons. The molecule has 92 valence electrons. The molecule has 0 bridgehead atoms. The summed E-state index contributed by atoms with van der Waals surface area (Å²) in [6.07, 6.45) is 0.688. The zero-order valence-electron chi connectivity index (χ0n) is 9.51. The summed E-state index contributed by atoms with van der Waals surface area (Å²) in [5, 5.41) is 10.9. The van der Waals surface area contributed by atoms with Crippen LogP contribution in [0, 0.1) is 16.0 Å². The molecule has 1 heterocycles. The maximum absolute atomic E-state index is 10.9. The van der Waals surface area contributed by atoms with Crippen LogP contribution < -0.4 is 15.2 Å². The van der Waals surface area contributed by atoms with Crippen molar-refractivity contribution in [1.82, 2.24) is 0 Å². The van der Waals surface area contributed by atoms with Gasteiger partial charge in [0, 0.05) is 6.07 Å². The summed E-state index contributed by atoms with van der Waals surface area (Å²) in [5.74, 6) is 0.938. The van der Waals surface area contributed by atoms with Gasteiger partial charge in [0.1, 0.15) is 0 Å². The topological polar surface area (TPSA) is 87.6 Å². The Hall–Kier alpha value is -1.82. The van der Waals surface area contributed by atoms with Gasteiger partial charge in [-0.15, -0.1) is 0 Å². The van der Waals surface area contributed by atoms with Gasteiger partial charge in [0.15, 0.2) is 5.75 Å². The van der Waals surface area contributed by atoms with E-state index >= 15 is 0 Å². The lowest BCUT2D eigenvalue weighted by Gasteiger charge is -2.09. The predicted octanol–water partition coefficient (Wildman–Crippen LogP) is 1.46. The molecule has 2 N–H and O–H groups in total. The fourth-order valence-corrected chi connectivity index (χ4v) is 1.79. The van der Waals surface area contributed by atoms with Gasteiger partial charge >= 0.3 is 5.69 Å². The summed E-state index contributed by atoms with van der Waals surface area (Å²) < 4.78 is 10.3. The quantitative estimate of drug-likeness (QED) is 0.633. The minimum absolute atomic E-state index is 0.0338. The summed E-state index contributed by atoms with van der Waals surface area (Å²) >= 11 is 0. The Balaban J connectivity index is 2.36. The van der Waals surface area contributed by atoms with Crippen LogP contribution in [0.25, 0.3) is 0 Å². The van der Waals surface area contributed by atoms with Gasteiger partial charge in [-0.3, -0.25) is 10.1 Å². The SMILES string of the molecule is CC(CN)Cc1cc2c(c([N+](=O)[O-])c1)OCO2. The third-order valence-electron chi connectivity index (χ3n) is 2.70. The van der Waals surface area contributed by atoms with Crippen molar-refractivity contribution < 1.29 is 14.4 Å². The van der Waals surface area contributed by atoms with Gasteiger partial charge in [0.05, 0.1) is 4.92 Å². The second-order valence-electron chi connectivity index (χ2n) is 4.15. The second kappa shape index (κ2) is 4.58. The number of nitrogens with zero attached hydrogens (tertiary/aromatic N) is 1. The van der Waals surface area contributed by atoms with Gasteiger partial charge in [-0.25, -0.2) is 0 Å². The molecule has 1 unspecified atom stereocenters. The van der Waals surface area contributed by atoms with Crippen molar-refractivity contribution in [3.05, 3.63) is 27.8 Å². The Morgan fingerprint density at radius 3 is 2.94 bits per heavy atom. The summed E-state index contributed by atoms with van der Waals surface area (Å²) in [6, 6.07) is 3.31. The largest absolute Gasteiger partial charge is 0.453 e. The van der Waals surface area contributed by atoms with E-state index in [0.29, 0.717) is 18.7 Å². The van der Waals surface area contributed by atoms with Crippen molar-refractivity contribution >= 4 is 5.69 Å². The van der Waals surface area contributed by atoms with E-state index in [4.69, 9.17) is 15.2 Å². The van der Waals surface area contributed by atoms with Crippen LogP contribution in [0.4, 0.5) is 5.69 Å². The van der Waals surface area contributed by atoms with Crippen molar-refractivity contribution in [2.45, 2.75) is 13.3 Å². The van der Waals surface area contributed by atoms with Crippen LogP contribution in [0.15, 0.2) is 12.1 Å². The lowest BCUT2D eigenvalue weighted by molar-refractivity contribution is -0.385. The molecule has 6 nitrogen and oxygen atoms in total. The fourth-order valence-electron chi connectivity index (χ4n) is 1.79. The Morgan fingerprint density at radius 2 is 2.29 bits per heavy atom. The normalized spacial score (nSPS) is 14.7. The Bertz CT molecular complexity index is 447. The summed E-state index contributed by atoms with van der Waals surface area (Å²) in [7, 11) is 0. The molecule has 0 amide bonds. The van der Waals surface area contributed by atoms with Gasteiger partial charge in [0.2, 0.25) is 12.5 Å². The minimum Gasteiger partial charge on any atom is -0.453 e. The number of nitro benzene ring substituents is 1. The highest BCUT2D eigenvalue weighted by Crippen LogP contribution is 2.41. The predicted molar refractivity (Wildman–Crippen MR) is 61.1 cm³/mol. The molecule has 2 rings (SSSR count). The van der Waals surface area contributed by atoms with E-state index in [1.165, 1.54) is 6.07 Å². The monoisotopic (exact) mass is 238 g/mol. The lowest BCUT2D eigenvalue weighted by Crippen LogP contribution is -2.13. The smallest absolute Gasteiger partial charge is 0.315 e. The summed E-state index contributed by atoms with van der Waals surface area (Å²) in [6.45, 7) is 2.57. The van der Waals surface area contributed by atoms with E-state index in [-0.39, 0.29) is 24.1 Å². The number of hydrogen-bond acceptors (Lipinski definition) is 5. The van der Waals surface area contributed by atoms with E-state index < -0.39 is 4.92 Å². The Kier molecular flexibility index (Phi) is 3.14. The molecule has 0 spiro atoms. The van der Waals surface area contributed by atoms with E-state index in [9.17, 15) is 10.1 Å². The van der Waals surface area contributed by atoms with Gasteiger partial charge in [-0.1, -0.05) is 6.92 Å². The van der Waals surface area contributed by atoms with Crippen molar-refractivity contribution in [2.75, 3.05) is 13.3 Å². The first-order valence-electron chi connectivity index (χ1n) is 5.38. The number of benzene rings is 1. The molecule has 1 atom stereocenters. The highest BCUT2D eigenvalue weighted by molar-refractivity contribution is 5.59. The van der Waals surface area contributed by atoms with Crippen LogP contribution in [0.5, 0.6) is 11.5 Å². The molecular formula is C11H14N2O4. The molecule has 17 heavy (non-hydrogen) atoms. The zero-order valence-corrected chi connectivity index (χ0v) is 9.51. The molecule has 0 aromatic heterocycles. The minimum atomic E-state index is -0.454. The van der Waals surface area contributed by atoms with Crippen LogP contribution in [0.3, 0.4) is 0 Å². The standard InChI is InChI=1S/C11H14N2O4/c1-7(5-12)2-8-3-9(13(14)15)11-10(4-8)16-6-17-11/h3-4,7H,2,5-6,12H2,1H3. The van der Waals surface area contributed by atoms with Gasteiger partial charge in [-0.05, 0) is 30.5 Å². The highest BCUT2D eigenvalue weighted by Gasteiger charge is 2.26. The van der Waals surface area contributed by atoms with Crippen molar-refractivity contribution in [3.63, 3.8) is 0 Å². The first kappa shape index (κ1) is 11.7. The summed E-state index contributed by atoms with van der Waals surface area (Å²) in [5.41, 5.74) is 6.34. The van der Waals surface area contributed by atoms with Crippen LogP contribution in [0.2, 0.25) is 0 Å². The molecule has 1 aliphatic rings. The van der Waals surface area contributed by atoms with Gasteiger partial charge in [0.25, 0.3) is 0 Å². The third kappa shape index (κ3) is 2.31. The molecule has 6 heteroatoms. The van der Waals surface area contributed by atoms with Crippen LogP contribution in [0.1, 0.15) is 12.5 Å². The Morgan fingerprint density at radius 1 is 1.53 bits per heavy atom. The molecule has 1 aromatic carbocycles. The Labute approximate surface area is 98.5 Å². The van der Waals surface area contributed by atoms with E-state index in [1.807, 2.05) is 6.92 Å². The zero-order chi connectivity index (χ0) is 12.4. The average Bonchev–Trinajstić information content (AvgIpc) is 2.75. The first-order valence-corrected chi connectivity index (χ1v) is 5.38. The van der Waals surface area contributed by atoms with Gasteiger partial charge in [-0.2, -0.15) is 0 Å². The number of rotatable bonds is 4. The number of fused-ring (bicyclic) bond motifs is 1. The lowest BCUT2D eigenvalue weighted by atomic mass is 10.0. The molecule has 0 saturated heterocycles. The van der Waals surface area contributed by atoms with E-state index in [0.717, 1.165) is 5.56 Å². The molecule has 0 saturated carbocycles. The van der Waals surface area contributed by atoms with E-state index in [1.54, 1.807) is 6.07 Å². The molecule has 1 aliphatic heterocycles. The van der Waals surface area contributed by atoms with Crippen LogP contribution in [-0.2, 0) is 6.42 Å². The summed E-state index contributed by atoms with van der Waals surface area (Å²) in [4.78, 5) is 10.5. The number of hydrogen-bond donors (Lipinski definition) is 1. The highest BCUT2D eigenvalue weighted by atomic mass is 16.7. The third-order valence-corrected chi connectivity index (χ3v) is 2.70. The number of nitrogens with two attached hydrogens (primary N) is 1. The van der Waals surface area contributed by atoms with E-state index in [2.05, 4.69) is 0 Å². The first-order chi connectivity index (χ1) is 8.11. The van der Waals surface area contributed by atoms with Gasteiger partial charge < -0.3 is 15.2 Å². The molecule has 1 aromatic rings. The van der Waals surface area contributed by atoms with Crippen molar-refractivity contribution in [2.24, 2.45) is 11.7 Å². The van der Waals surface area contributed by atoms with Crippen LogP contribution >= 0.6 is 0 Å². The fraction of sp³-hybridized carbons (Fsp3) is 0.455. The number of nitro groups is 1. The number of ether oxygens (including phenoxy) is 2. The average molecular weight is 238 g/mol. The second-order valence-corrected chi connectivity index (χ2v) is 4.15.